The van der Waals surface area contributed by atoms with Gasteiger partial charge < -0.3 is 11.1 Å². The molecule has 0 aliphatic rings. The van der Waals surface area contributed by atoms with Crippen molar-refractivity contribution in [2.45, 2.75) is 31.0 Å². The van der Waals surface area contributed by atoms with Crippen LogP contribution < -0.4 is 11.1 Å². The van der Waals surface area contributed by atoms with Crippen molar-refractivity contribution in [1.29, 1.82) is 0 Å². The van der Waals surface area contributed by atoms with Crippen LogP contribution in [0.15, 0.2) is 24.3 Å². The smallest absolute Gasteiger partial charge is 0.250 e. The molecule has 1 unspecified atom stereocenters. The summed E-state index contributed by atoms with van der Waals surface area (Å²) in [6.07, 6.45) is 2.77. The average Bonchev–Trinajstić information content (AvgIpc) is 2.36. The first-order valence-electron chi connectivity index (χ1n) is 5.90. The van der Waals surface area contributed by atoms with Gasteiger partial charge in [0, 0.05) is 0 Å². The number of alkyl halides is 1. The molecule has 1 aromatic carbocycles. The van der Waals surface area contributed by atoms with E-state index in [-0.39, 0.29) is 10.7 Å². The van der Waals surface area contributed by atoms with Gasteiger partial charge in [-0.15, -0.1) is 0 Å². The average molecular weight is 313 g/mol. The number of anilines is 1. The summed E-state index contributed by atoms with van der Waals surface area (Å²) in [6.45, 7) is 2.07. The van der Waals surface area contributed by atoms with Crippen LogP contribution in [0.1, 0.15) is 36.5 Å². The van der Waals surface area contributed by atoms with Crippen LogP contribution in [0.5, 0.6) is 0 Å². The third kappa shape index (κ3) is 4.14. The van der Waals surface area contributed by atoms with E-state index in [0.717, 1.165) is 19.3 Å². The summed E-state index contributed by atoms with van der Waals surface area (Å²) in [5.74, 6) is -0.706. The number of carbonyl (C=O) groups is 2. The normalized spacial score (nSPS) is 11.9. The van der Waals surface area contributed by atoms with E-state index in [2.05, 4.69) is 28.2 Å². The Morgan fingerprint density at radius 1 is 1.39 bits per heavy atom. The highest BCUT2D eigenvalue weighted by Crippen LogP contribution is 2.17. The van der Waals surface area contributed by atoms with Gasteiger partial charge in [-0.3, -0.25) is 9.59 Å². The van der Waals surface area contributed by atoms with Gasteiger partial charge in [0.1, 0.15) is 0 Å². The Labute approximate surface area is 115 Å². The van der Waals surface area contributed by atoms with E-state index in [9.17, 15) is 9.59 Å². The highest BCUT2D eigenvalue weighted by atomic mass is 79.9. The van der Waals surface area contributed by atoms with Crippen LogP contribution in [0.25, 0.3) is 0 Å². The van der Waals surface area contributed by atoms with Gasteiger partial charge in [-0.2, -0.15) is 0 Å². The maximum Gasteiger partial charge on any atom is 0.250 e. The van der Waals surface area contributed by atoms with E-state index in [1.165, 1.54) is 0 Å². The Bertz CT molecular complexity index is 435. The van der Waals surface area contributed by atoms with Crippen LogP contribution >= 0.6 is 15.9 Å². The molecule has 18 heavy (non-hydrogen) atoms. The third-order valence-electron chi connectivity index (χ3n) is 2.55. The number of rotatable bonds is 6. The number of hydrogen-bond acceptors (Lipinski definition) is 2. The summed E-state index contributed by atoms with van der Waals surface area (Å²) in [4.78, 5) is 22.8. The Morgan fingerprint density at radius 3 is 2.67 bits per heavy atom. The molecule has 0 aliphatic heterocycles. The number of carbonyl (C=O) groups excluding carboxylic acids is 2. The monoisotopic (exact) mass is 312 g/mol. The summed E-state index contributed by atoms with van der Waals surface area (Å²) >= 11 is 3.34. The van der Waals surface area contributed by atoms with Gasteiger partial charge in [-0.25, -0.2) is 0 Å². The van der Waals surface area contributed by atoms with Crippen LogP contribution in [0.2, 0.25) is 0 Å². The molecule has 0 bridgehead atoms. The Morgan fingerprint density at radius 2 is 2.06 bits per heavy atom. The molecule has 0 saturated carbocycles. The number of unbranched alkanes of at least 4 members (excludes halogenated alkanes) is 1. The fourth-order valence-corrected chi connectivity index (χ4v) is 1.97. The van der Waals surface area contributed by atoms with Crippen molar-refractivity contribution in [2.75, 3.05) is 5.32 Å². The molecule has 1 aromatic rings. The largest absolute Gasteiger partial charge is 0.366 e. The molecule has 1 atom stereocenters. The molecular formula is C13H17BrN2O2. The lowest BCUT2D eigenvalue weighted by atomic mass is 10.1. The molecule has 0 aromatic heterocycles. The van der Waals surface area contributed by atoms with E-state index in [0.29, 0.717) is 11.3 Å². The van der Waals surface area contributed by atoms with E-state index in [1.807, 2.05) is 0 Å². The van der Waals surface area contributed by atoms with Crippen molar-refractivity contribution >= 4 is 33.4 Å². The quantitative estimate of drug-likeness (QED) is 0.793. The second-order valence-corrected chi connectivity index (χ2v) is 5.11. The molecule has 0 fully saturated rings. The Hall–Kier alpha value is -1.36. The molecule has 4 nitrogen and oxygen atoms in total. The zero-order valence-corrected chi connectivity index (χ0v) is 11.9. The Balaban J connectivity index is 2.72. The second kappa shape index (κ2) is 7.16. The summed E-state index contributed by atoms with van der Waals surface area (Å²) < 4.78 is 0. The lowest BCUT2D eigenvalue weighted by molar-refractivity contribution is -0.115. The number of amides is 2. The van der Waals surface area contributed by atoms with Crippen molar-refractivity contribution in [3.05, 3.63) is 29.8 Å². The summed E-state index contributed by atoms with van der Waals surface area (Å²) in [6, 6.07) is 6.71. The number of nitrogens with one attached hydrogen (secondary N) is 1. The first-order valence-corrected chi connectivity index (χ1v) is 6.81. The number of hydrogen-bond donors (Lipinski definition) is 2. The van der Waals surface area contributed by atoms with Crippen LogP contribution in [0, 0.1) is 0 Å². The Kier molecular flexibility index (Phi) is 5.85. The van der Waals surface area contributed by atoms with Crippen molar-refractivity contribution in [2.24, 2.45) is 5.73 Å². The molecule has 3 N–H and O–H groups in total. The minimum atomic E-state index is -0.550. The number of benzene rings is 1. The van der Waals surface area contributed by atoms with E-state index in [1.54, 1.807) is 24.3 Å². The third-order valence-corrected chi connectivity index (χ3v) is 3.42. The molecule has 5 heteroatoms. The molecule has 2 amide bonds. The topological polar surface area (TPSA) is 72.2 Å². The lowest BCUT2D eigenvalue weighted by Gasteiger charge is -2.12. The van der Waals surface area contributed by atoms with Gasteiger partial charge >= 0.3 is 0 Å². The summed E-state index contributed by atoms with van der Waals surface area (Å²) in [5, 5.41) is 2.71. The predicted octanol–water partition coefficient (Wildman–Crippen LogP) is 2.68. The van der Waals surface area contributed by atoms with Gasteiger partial charge in [0.05, 0.1) is 16.1 Å². The van der Waals surface area contributed by atoms with Gasteiger partial charge in [0.25, 0.3) is 5.91 Å². The fraction of sp³-hybridized carbons (Fsp3) is 0.385. The van der Waals surface area contributed by atoms with E-state index < -0.39 is 5.91 Å². The molecule has 0 saturated heterocycles. The maximum absolute atomic E-state index is 11.9. The first-order chi connectivity index (χ1) is 8.56. The molecule has 0 aliphatic carbocycles. The highest BCUT2D eigenvalue weighted by molar-refractivity contribution is 9.10. The SMILES string of the molecule is CCCCC(Br)C(=O)Nc1ccccc1C(N)=O. The molecular weight excluding hydrogens is 296 g/mol. The lowest BCUT2D eigenvalue weighted by Crippen LogP contribution is -2.24. The van der Waals surface area contributed by atoms with Gasteiger partial charge in [0.15, 0.2) is 0 Å². The first kappa shape index (κ1) is 14.7. The zero-order valence-electron chi connectivity index (χ0n) is 10.3. The minimum absolute atomic E-state index is 0.155. The number of primary amides is 1. The van der Waals surface area contributed by atoms with Gasteiger partial charge in [0.2, 0.25) is 5.91 Å². The van der Waals surface area contributed by atoms with Crippen molar-refractivity contribution in [3.8, 4) is 0 Å². The van der Waals surface area contributed by atoms with Crippen LogP contribution in [0.4, 0.5) is 5.69 Å². The molecule has 0 heterocycles. The number of nitrogens with two attached hydrogens (primary N) is 1. The molecule has 1 rings (SSSR count). The van der Waals surface area contributed by atoms with Crippen molar-refractivity contribution in [3.63, 3.8) is 0 Å². The van der Waals surface area contributed by atoms with Crippen LogP contribution in [-0.2, 0) is 4.79 Å². The summed E-state index contributed by atoms with van der Waals surface area (Å²) in [5.41, 5.74) is 6.02. The highest BCUT2D eigenvalue weighted by Gasteiger charge is 2.16. The maximum atomic E-state index is 11.9. The standard InChI is InChI=1S/C13H17BrN2O2/c1-2-3-7-10(14)13(18)16-11-8-5-4-6-9(11)12(15)17/h4-6,8,10H,2-3,7H2,1H3,(H2,15,17)(H,16,18). The van der Waals surface area contributed by atoms with Crippen molar-refractivity contribution < 1.29 is 9.59 Å². The predicted molar refractivity (Wildman–Crippen MR) is 75.8 cm³/mol. The second-order valence-electron chi connectivity index (χ2n) is 4.01. The van der Waals surface area contributed by atoms with Gasteiger partial charge in [-0.05, 0) is 18.6 Å². The molecule has 0 radical (unpaired) electrons. The van der Waals surface area contributed by atoms with Crippen LogP contribution in [0.3, 0.4) is 0 Å². The van der Waals surface area contributed by atoms with Crippen LogP contribution in [-0.4, -0.2) is 16.6 Å². The van der Waals surface area contributed by atoms with Gasteiger partial charge in [-0.1, -0.05) is 47.8 Å². The number of halogens is 1. The fourth-order valence-electron chi connectivity index (χ4n) is 1.53. The van der Waals surface area contributed by atoms with Crippen molar-refractivity contribution in [1.82, 2.24) is 0 Å². The zero-order chi connectivity index (χ0) is 13.5. The molecule has 0 spiro atoms. The van der Waals surface area contributed by atoms with E-state index in [4.69, 9.17) is 5.73 Å². The number of para-hydroxylation sites is 1. The summed E-state index contributed by atoms with van der Waals surface area (Å²) in [7, 11) is 0. The minimum Gasteiger partial charge on any atom is -0.366 e. The molecule has 98 valence electrons. The van der Waals surface area contributed by atoms with E-state index >= 15 is 0 Å².